The SMILES string of the molecule is [B]C([B])([B])Oc1cc2ncc(-c3ccnc(NC4CCCNC4)n3)n2nc1C1CC1. The molecule has 146 valence electrons. The van der Waals surface area contributed by atoms with Gasteiger partial charge in [0.15, 0.2) is 5.65 Å². The second-order valence-corrected chi connectivity index (χ2v) is 7.99. The fourth-order valence-corrected chi connectivity index (χ4v) is 3.73. The molecule has 2 aliphatic rings. The first-order chi connectivity index (χ1) is 14.5. The maximum absolute atomic E-state index is 5.64. The van der Waals surface area contributed by atoms with Crippen molar-refractivity contribution in [2.24, 2.45) is 0 Å². The molecule has 1 saturated heterocycles. The van der Waals surface area contributed by atoms with E-state index in [4.69, 9.17) is 33.4 Å². The van der Waals surface area contributed by atoms with Crippen LogP contribution in [0.1, 0.15) is 37.3 Å². The molecule has 3 aromatic heterocycles. The van der Waals surface area contributed by atoms with Crippen LogP contribution in [-0.2, 0) is 0 Å². The number of hydrogen-bond acceptors (Lipinski definition) is 7. The van der Waals surface area contributed by atoms with Crippen LogP contribution in [-0.4, -0.2) is 72.5 Å². The van der Waals surface area contributed by atoms with Crippen LogP contribution in [0, 0.1) is 0 Å². The van der Waals surface area contributed by atoms with E-state index < -0.39 is 5.30 Å². The lowest BCUT2D eigenvalue weighted by molar-refractivity contribution is 0.312. The number of rotatable bonds is 6. The van der Waals surface area contributed by atoms with E-state index in [9.17, 15) is 0 Å². The van der Waals surface area contributed by atoms with Crippen LogP contribution in [0.25, 0.3) is 17.0 Å². The summed E-state index contributed by atoms with van der Waals surface area (Å²) in [7, 11) is 16.9. The van der Waals surface area contributed by atoms with Crippen molar-refractivity contribution in [1.82, 2.24) is 29.9 Å². The van der Waals surface area contributed by atoms with E-state index in [1.54, 1.807) is 23.0 Å². The van der Waals surface area contributed by atoms with E-state index in [0.717, 1.165) is 55.9 Å². The Balaban J connectivity index is 1.49. The van der Waals surface area contributed by atoms with Gasteiger partial charge in [0.2, 0.25) is 5.95 Å². The predicted octanol–water partition coefficient (Wildman–Crippen LogP) is 0.723. The number of piperidine rings is 1. The maximum atomic E-state index is 5.64. The molecular weight excluding hydrogens is 375 g/mol. The van der Waals surface area contributed by atoms with Gasteiger partial charge in [0.25, 0.3) is 0 Å². The molecule has 5 rings (SSSR count). The minimum Gasteiger partial charge on any atom is -0.514 e. The number of hydrogen-bond donors (Lipinski definition) is 2. The first-order valence-electron chi connectivity index (χ1n) is 10.2. The lowest BCUT2D eigenvalue weighted by atomic mass is 9.52. The summed E-state index contributed by atoms with van der Waals surface area (Å²) in [5.41, 5.74) is 2.87. The zero-order valence-corrected chi connectivity index (χ0v) is 16.6. The number of aromatic nitrogens is 5. The summed E-state index contributed by atoms with van der Waals surface area (Å²) < 4.78 is 7.30. The normalized spacial score (nSPS) is 19.7. The van der Waals surface area contributed by atoms with E-state index in [2.05, 4.69) is 25.6 Å². The van der Waals surface area contributed by atoms with Crippen LogP contribution in [0.4, 0.5) is 5.95 Å². The minimum absolute atomic E-state index is 0.295. The van der Waals surface area contributed by atoms with Crippen LogP contribution >= 0.6 is 0 Å². The van der Waals surface area contributed by atoms with Crippen molar-refractivity contribution in [3.63, 3.8) is 0 Å². The van der Waals surface area contributed by atoms with Crippen LogP contribution in [0.2, 0.25) is 0 Å². The van der Waals surface area contributed by atoms with Gasteiger partial charge in [-0.1, -0.05) is 0 Å². The van der Waals surface area contributed by atoms with Crippen molar-refractivity contribution >= 4 is 35.1 Å². The van der Waals surface area contributed by atoms with Crippen molar-refractivity contribution in [1.29, 1.82) is 0 Å². The van der Waals surface area contributed by atoms with Gasteiger partial charge in [-0.15, -0.1) is 0 Å². The molecule has 8 nitrogen and oxygen atoms in total. The van der Waals surface area contributed by atoms with E-state index >= 15 is 0 Å². The maximum Gasteiger partial charge on any atom is 0.223 e. The highest BCUT2D eigenvalue weighted by Crippen LogP contribution is 2.43. The third kappa shape index (κ3) is 4.17. The zero-order chi connectivity index (χ0) is 20.7. The second kappa shape index (κ2) is 7.61. The summed E-state index contributed by atoms with van der Waals surface area (Å²) in [6.45, 7) is 1.96. The number of ether oxygens (including phenoxy) is 1. The summed E-state index contributed by atoms with van der Waals surface area (Å²) in [4.78, 5) is 13.5. The topological polar surface area (TPSA) is 89.3 Å². The van der Waals surface area contributed by atoms with Crippen molar-refractivity contribution in [3.05, 3.63) is 30.2 Å². The average molecular weight is 395 g/mol. The largest absolute Gasteiger partial charge is 0.514 e. The van der Waals surface area contributed by atoms with Crippen molar-refractivity contribution < 1.29 is 4.74 Å². The molecule has 11 heteroatoms. The molecule has 2 fully saturated rings. The molecule has 3 aromatic rings. The number of imidazole rings is 1. The standard InChI is InChI=1S/C19H20B3N7O/c20-19(21,22)30-15-8-16-25-10-14(29(16)28-17(15)11-3-4-11)13-5-7-24-18(27-13)26-12-2-1-6-23-9-12/h5,7-8,10-12,23H,1-4,6,9H2,(H,24,26,27). The predicted molar refractivity (Wildman–Crippen MR) is 116 cm³/mol. The molecule has 0 aromatic carbocycles. The Labute approximate surface area is 178 Å². The third-order valence-corrected chi connectivity index (χ3v) is 5.28. The average Bonchev–Trinajstić information content (AvgIpc) is 3.47. The van der Waals surface area contributed by atoms with E-state index in [-0.39, 0.29) is 0 Å². The van der Waals surface area contributed by atoms with Gasteiger partial charge < -0.3 is 15.4 Å². The summed E-state index contributed by atoms with van der Waals surface area (Å²) in [5.74, 6) is 1.35. The van der Waals surface area contributed by atoms with Gasteiger partial charge in [0, 0.05) is 30.8 Å². The fraction of sp³-hybridized carbons (Fsp3) is 0.474. The first kappa shape index (κ1) is 19.4. The second-order valence-electron chi connectivity index (χ2n) is 7.99. The molecular formula is C19H20B3N7O. The van der Waals surface area contributed by atoms with Crippen LogP contribution in [0.5, 0.6) is 5.75 Å². The third-order valence-electron chi connectivity index (χ3n) is 5.28. The summed E-state index contributed by atoms with van der Waals surface area (Å²) in [5, 5.41) is 9.79. The molecule has 2 N–H and O–H groups in total. The molecule has 1 atom stereocenters. The smallest absolute Gasteiger partial charge is 0.223 e. The lowest BCUT2D eigenvalue weighted by Gasteiger charge is -2.24. The quantitative estimate of drug-likeness (QED) is 0.595. The van der Waals surface area contributed by atoms with Gasteiger partial charge in [-0.25, -0.2) is 19.5 Å². The molecule has 1 aliphatic carbocycles. The Morgan fingerprint density at radius 1 is 1.20 bits per heavy atom. The van der Waals surface area contributed by atoms with Gasteiger partial charge in [-0.2, -0.15) is 5.10 Å². The monoisotopic (exact) mass is 395 g/mol. The fourth-order valence-electron chi connectivity index (χ4n) is 3.73. The van der Waals surface area contributed by atoms with Crippen LogP contribution in [0.15, 0.2) is 24.5 Å². The molecule has 1 aliphatic heterocycles. The van der Waals surface area contributed by atoms with Gasteiger partial charge in [-0.05, 0) is 43.6 Å². The molecule has 30 heavy (non-hydrogen) atoms. The number of anilines is 1. The zero-order valence-electron chi connectivity index (χ0n) is 16.6. The van der Waals surface area contributed by atoms with Crippen LogP contribution in [0.3, 0.4) is 0 Å². The van der Waals surface area contributed by atoms with Gasteiger partial charge in [0.1, 0.15) is 40.7 Å². The molecule has 1 saturated carbocycles. The highest BCUT2D eigenvalue weighted by Gasteiger charge is 2.31. The van der Waals surface area contributed by atoms with E-state index in [1.165, 1.54) is 0 Å². The molecule has 0 spiro atoms. The Kier molecular flexibility index (Phi) is 4.93. The van der Waals surface area contributed by atoms with Crippen LogP contribution < -0.4 is 15.4 Å². The molecule has 4 heterocycles. The molecule has 6 radical (unpaired) electrons. The Hall–Kier alpha value is -2.55. The van der Waals surface area contributed by atoms with Crippen molar-refractivity contribution in [3.8, 4) is 17.1 Å². The minimum atomic E-state index is -1.78. The Bertz CT molecular complexity index is 1060. The highest BCUT2D eigenvalue weighted by atomic mass is 16.5. The van der Waals surface area contributed by atoms with Crippen molar-refractivity contribution in [2.45, 2.75) is 42.9 Å². The lowest BCUT2D eigenvalue weighted by Crippen LogP contribution is -2.38. The summed E-state index contributed by atoms with van der Waals surface area (Å²) >= 11 is 0. The van der Waals surface area contributed by atoms with Gasteiger partial charge in [-0.3, -0.25) is 0 Å². The molecule has 1 unspecified atom stereocenters. The Morgan fingerprint density at radius 3 is 2.80 bits per heavy atom. The number of fused-ring (bicyclic) bond motifs is 1. The Morgan fingerprint density at radius 2 is 2.07 bits per heavy atom. The summed E-state index contributed by atoms with van der Waals surface area (Å²) in [6, 6.07) is 3.93. The van der Waals surface area contributed by atoms with Crippen molar-refractivity contribution in [2.75, 3.05) is 18.4 Å². The van der Waals surface area contributed by atoms with E-state index in [1.807, 2.05) is 6.07 Å². The molecule has 0 amide bonds. The number of nitrogens with one attached hydrogen (secondary N) is 2. The summed E-state index contributed by atoms with van der Waals surface area (Å²) in [6.07, 6.45) is 7.77. The van der Waals surface area contributed by atoms with Gasteiger partial charge in [0.05, 0.1) is 11.9 Å². The first-order valence-corrected chi connectivity index (χ1v) is 10.2. The van der Waals surface area contributed by atoms with Gasteiger partial charge >= 0.3 is 0 Å². The molecule has 0 bridgehead atoms. The highest BCUT2D eigenvalue weighted by molar-refractivity contribution is 6.58. The van der Waals surface area contributed by atoms with E-state index in [0.29, 0.717) is 29.3 Å². The number of nitrogens with zero attached hydrogens (tertiary/aromatic N) is 5.